The van der Waals surface area contributed by atoms with E-state index in [0.29, 0.717) is 10.6 Å². The summed E-state index contributed by atoms with van der Waals surface area (Å²) >= 11 is 7.39. The van der Waals surface area contributed by atoms with Crippen LogP contribution in [0.5, 0.6) is 0 Å². The molecule has 1 N–H and O–H groups in total. The van der Waals surface area contributed by atoms with E-state index in [1.54, 1.807) is 6.07 Å². The summed E-state index contributed by atoms with van der Waals surface area (Å²) in [6, 6.07) is 14.3. The molecule has 0 saturated heterocycles. The van der Waals surface area contributed by atoms with E-state index >= 15 is 0 Å². The lowest BCUT2D eigenvalue weighted by Crippen LogP contribution is -2.00. The van der Waals surface area contributed by atoms with Gasteiger partial charge in [0.25, 0.3) is 0 Å². The summed E-state index contributed by atoms with van der Waals surface area (Å²) in [6.45, 7) is 0. The van der Waals surface area contributed by atoms with Crippen molar-refractivity contribution in [2.24, 2.45) is 0 Å². The SMILES string of the molecule is Fc1ccc(-n2c(-c3ccccc3)n[nH]c2=S)c(I)c1. The Labute approximate surface area is 133 Å². The molecule has 0 fully saturated rings. The van der Waals surface area contributed by atoms with E-state index in [1.807, 2.05) is 34.9 Å². The average Bonchev–Trinajstić information content (AvgIpc) is 2.82. The molecular formula is C14H9FIN3S. The van der Waals surface area contributed by atoms with E-state index in [1.165, 1.54) is 12.1 Å². The van der Waals surface area contributed by atoms with E-state index < -0.39 is 0 Å². The van der Waals surface area contributed by atoms with E-state index in [9.17, 15) is 4.39 Å². The van der Waals surface area contributed by atoms with Crippen molar-refractivity contribution in [3.05, 3.63) is 62.7 Å². The first-order chi connectivity index (χ1) is 9.66. The fourth-order valence-electron chi connectivity index (χ4n) is 1.96. The van der Waals surface area contributed by atoms with Gasteiger partial charge < -0.3 is 0 Å². The highest BCUT2D eigenvalue weighted by Gasteiger charge is 2.13. The van der Waals surface area contributed by atoms with Crippen LogP contribution in [-0.4, -0.2) is 14.8 Å². The number of nitrogens with zero attached hydrogens (tertiary/aromatic N) is 2. The Balaban J connectivity index is 2.25. The van der Waals surface area contributed by atoms with Gasteiger partial charge in [-0.25, -0.2) is 4.39 Å². The van der Waals surface area contributed by atoms with Crippen LogP contribution in [0.1, 0.15) is 0 Å². The highest BCUT2D eigenvalue weighted by atomic mass is 127. The normalized spacial score (nSPS) is 10.7. The molecule has 2 aromatic carbocycles. The molecule has 0 radical (unpaired) electrons. The van der Waals surface area contributed by atoms with Gasteiger partial charge in [-0.3, -0.25) is 9.67 Å². The molecule has 0 amide bonds. The van der Waals surface area contributed by atoms with Gasteiger partial charge in [-0.1, -0.05) is 30.3 Å². The van der Waals surface area contributed by atoms with E-state index in [4.69, 9.17) is 12.2 Å². The molecule has 0 aliphatic carbocycles. The third-order valence-corrected chi connectivity index (χ3v) is 3.99. The molecule has 6 heteroatoms. The standard InChI is InChI=1S/C14H9FIN3S/c15-10-6-7-12(11(16)8-10)19-13(17-18-14(19)20)9-4-2-1-3-5-9/h1-8H,(H,18,20). The molecule has 20 heavy (non-hydrogen) atoms. The topological polar surface area (TPSA) is 33.6 Å². The Bertz CT molecular complexity index is 811. The van der Waals surface area contributed by atoms with Crippen molar-refractivity contribution in [2.75, 3.05) is 0 Å². The first-order valence-electron chi connectivity index (χ1n) is 5.85. The van der Waals surface area contributed by atoms with Gasteiger partial charge in [0.05, 0.1) is 5.69 Å². The van der Waals surface area contributed by atoms with Gasteiger partial charge >= 0.3 is 0 Å². The summed E-state index contributed by atoms with van der Waals surface area (Å²) in [7, 11) is 0. The molecule has 0 unspecified atom stereocenters. The fraction of sp³-hybridized carbons (Fsp3) is 0. The van der Waals surface area contributed by atoms with Crippen LogP contribution < -0.4 is 0 Å². The summed E-state index contributed by atoms with van der Waals surface area (Å²) in [5.74, 6) is 0.439. The summed E-state index contributed by atoms with van der Waals surface area (Å²) in [6.07, 6.45) is 0. The van der Waals surface area contributed by atoms with Crippen LogP contribution in [0.2, 0.25) is 0 Å². The minimum Gasteiger partial charge on any atom is -0.267 e. The second-order valence-electron chi connectivity index (χ2n) is 4.15. The Kier molecular flexibility index (Phi) is 3.66. The molecule has 0 atom stereocenters. The monoisotopic (exact) mass is 397 g/mol. The van der Waals surface area contributed by atoms with Gasteiger partial charge in [-0.2, -0.15) is 5.10 Å². The molecule has 0 saturated carbocycles. The number of rotatable bonds is 2. The van der Waals surface area contributed by atoms with Gasteiger partial charge in [-0.15, -0.1) is 0 Å². The molecule has 3 rings (SSSR count). The molecule has 0 aliphatic heterocycles. The lowest BCUT2D eigenvalue weighted by Gasteiger charge is -2.09. The van der Waals surface area contributed by atoms with E-state index in [2.05, 4.69) is 32.8 Å². The highest BCUT2D eigenvalue weighted by Crippen LogP contribution is 2.25. The largest absolute Gasteiger partial charge is 0.267 e. The number of aromatic nitrogens is 3. The number of nitrogens with one attached hydrogen (secondary N) is 1. The molecule has 3 aromatic rings. The van der Waals surface area contributed by atoms with Crippen molar-refractivity contribution in [1.82, 2.24) is 14.8 Å². The van der Waals surface area contributed by atoms with Crippen LogP contribution in [0.15, 0.2) is 48.5 Å². The average molecular weight is 397 g/mol. The molecule has 3 nitrogen and oxygen atoms in total. The summed E-state index contributed by atoms with van der Waals surface area (Å²) in [5.41, 5.74) is 1.75. The zero-order valence-electron chi connectivity index (χ0n) is 10.2. The second kappa shape index (κ2) is 5.45. The van der Waals surface area contributed by atoms with Gasteiger partial charge in [-0.05, 0) is 53.0 Å². The van der Waals surface area contributed by atoms with Crippen LogP contribution in [0.4, 0.5) is 4.39 Å². The summed E-state index contributed by atoms with van der Waals surface area (Å²) in [4.78, 5) is 0. The Hall–Kier alpha value is -1.54. The zero-order chi connectivity index (χ0) is 14.1. The van der Waals surface area contributed by atoms with Crippen LogP contribution in [-0.2, 0) is 0 Å². The summed E-state index contributed by atoms with van der Waals surface area (Å²) in [5, 5.41) is 7.07. The third kappa shape index (κ3) is 2.40. The first-order valence-corrected chi connectivity index (χ1v) is 7.34. The van der Waals surface area contributed by atoms with Crippen molar-refractivity contribution in [3.8, 4) is 17.1 Å². The minimum absolute atomic E-state index is 0.269. The lowest BCUT2D eigenvalue weighted by molar-refractivity contribution is 0.626. The van der Waals surface area contributed by atoms with E-state index in [0.717, 1.165) is 14.8 Å². The number of halogens is 2. The van der Waals surface area contributed by atoms with Crippen LogP contribution >= 0.6 is 34.8 Å². The molecule has 1 heterocycles. The van der Waals surface area contributed by atoms with Crippen molar-refractivity contribution < 1.29 is 4.39 Å². The maximum absolute atomic E-state index is 13.2. The number of benzene rings is 2. The quantitative estimate of drug-likeness (QED) is 0.516. The van der Waals surface area contributed by atoms with Crippen molar-refractivity contribution >= 4 is 34.8 Å². The maximum atomic E-state index is 13.2. The van der Waals surface area contributed by atoms with Crippen LogP contribution in [0, 0.1) is 14.2 Å². The first kappa shape index (κ1) is 13.4. The maximum Gasteiger partial charge on any atom is 0.200 e. The van der Waals surface area contributed by atoms with Crippen LogP contribution in [0.3, 0.4) is 0 Å². The molecule has 0 bridgehead atoms. The molecule has 0 aliphatic rings. The second-order valence-corrected chi connectivity index (χ2v) is 5.70. The van der Waals surface area contributed by atoms with E-state index in [-0.39, 0.29) is 5.82 Å². The number of aromatic amines is 1. The van der Waals surface area contributed by atoms with Crippen molar-refractivity contribution in [2.45, 2.75) is 0 Å². The Morgan fingerprint density at radius 2 is 1.90 bits per heavy atom. The number of hydrogen-bond donors (Lipinski definition) is 1. The lowest BCUT2D eigenvalue weighted by atomic mass is 10.2. The van der Waals surface area contributed by atoms with Crippen molar-refractivity contribution in [1.29, 1.82) is 0 Å². The zero-order valence-corrected chi connectivity index (χ0v) is 13.2. The summed E-state index contributed by atoms with van der Waals surface area (Å²) < 4.78 is 16.3. The predicted octanol–water partition coefficient (Wildman–Crippen LogP) is 4.34. The van der Waals surface area contributed by atoms with Crippen molar-refractivity contribution in [3.63, 3.8) is 0 Å². The Morgan fingerprint density at radius 3 is 2.60 bits per heavy atom. The molecule has 0 spiro atoms. The minimum atomic E-state index is -0.269. The number of H-pyrrole nitrogens is 1. The predicted molar refractivity (Wildman–Crippen MR) is 86.9 cm³/mol. The van der Waals surface area contributed by atoms with Crippen LogP contribution in [0.25, 0.3) is 17.1 Å². The van der Waals surface area contributed by atoms with Gasteiger partial charge in [0.15, 0.2) is 10.6 Å². The number of hydrogen-bond acceptors (Lipinski definition) is 2. The van der Waals surface area contributed by atoms with Gasteiger partial charge in [0, 0.05) is 9.13 Å². The molecular weight excluding hydrogens is 388 g/mol. The van der Waals surface area contributed by atoms with Gasteiger partial charge in [0.2, 0.25) is 0 Å². The smallest absolute Gasteiger partial charge is 0.200 e. The van der Waals surface area contributed by atoms with Gasteiger partial charge in [0.1, 0.15) is 5.82 Å². The Morgan fingerprint density at radius 1 is 1.15 bits per heavy atom. The fourth-order valence-corrected chi connectivity index (χ4v) is 2.91. The third-order valence-electron chi connectivity index (χ3n) is 2.85. The molecule has 100 valence electrons. The molecule has 1 aromatic heterocycles. The highest BCUT2D eigenvalue weighted by molar-refractivity contribution is 14.1.